The predicted molar refractivity (Wildman–Crippen MR) is 78.6 cm³/mol. The topological polar surface area (TPSA) is 109 Å². The first-order valence-corrected chi connectivity index (χ1v) is 6.84. The van der Waals surface area contributed by atoms with Crippen LogP contribution in [0.2, 0.25) is 0 Å². The van der Waals surface area contributed by atoms with Crippen LogP contribution >= 0.6 is 0 Å². The number of aromatic nitrogens is 1. The number of carbonyl (C=O) groups is 3. The molecular weight excluding hydrogens is 304 g/mol. The summed E-state index contributed by atoms with van der Waals surface area (Å²) in [4.78, 5) is 33.9. The molecule has 1 heterocycles. The monoisotopic (exact) mass is 323 g/mol. The van der Waals surface area contributed by atoms with Crippen LogP contribution in [-0.2, 0) is 19.0 Å². The van der Waals surface area contributed by atoms with Crippen molar-refractivity contribution in [1.82, 2.24) is 0 Å². The molecule has 0 saturated carbocycles. The Kier molecular flexibility index (Phi) is 8.19. The van der Waals surface area contributed by atoms with E-state index in [2.05, 4.69) is 6.58 Å². The number of pyridine rings is 1. The van der Waals surface area contributed by atoms with Crippen molar-refractivity contribution in [3.05, 3.63) is 42.7 Å². The molecule has 0 aliphatic heterocycles. The average Bonchev–Trinajstić information content (AvgIpc) is 2.56. The molecular formula is C15H19N2O6+. The highest BCUT2D eigenvalue weighted by Crippen LogP contribution is 1.90. The van der Waals surface area contributed by atoms with Gasteiger partial charge in [-0.2, -0.15) is 0 Å². The van der Waals surface area contributed by atoms with Crippen LogP contribution in [0.25, 0.3) is 0 Å². The zero-order valence-electron chi connectivity index (χ0n) is 12.6. The van der Waals surface area contributed by atoms with Crippen LogP contribution in [0.5, 0.6) is 0 Å². The van der Waals surface area contributed by atoms with Gasteiger partial charge in [0.15, 0.2) is 12.8 Å². The molecule has 0 bridgehead atoms. The second-order valence-corrected chi connectivity index (χ2v) is 4.25. The summed E-state index contributed by atoms with van der Waals surface area (Å²) in [5, 5.41) is 0. The van der Waals surface area contributed by atoms with Crippen molar-refractivity contribution in [3.8, 4) is 0 Å². The molecule has 0 aromatic carbocycles. The van der Waals surface area contributed by atoms with E-state index in [1.807, 2.05) is 0 Å². The first-order chi connectivity index (χ1) is 11.1. The molecule has 1 aromatic rings. The van der Waals surface area contributed by atoms with E-state index in [1.54, 1.807) is 12.1 Å². The van der Waals surface area contributed by atoms with E-state index in [1.165, 1.54) is 12.3 Å². The van der Waals surface area contributed by atoms with Gasteiger partial charge in [0, 0.05) is 18.2 Å². The molecule has 0 unspecified atom stereocenters. The smallest absolute Gasteiger partial charge is 0.418 e. The largest absolute Gasteiger partial charge is 0.460 e. The summed E-state index contributed by atoms with van der Waals surface area (Å²) in [5.41, 5.74) is 5.28. The molecule has 1 aromatic heterocycles. The maximum absolute atomic E-state index is 11.9. The lowest BCUT2D eigenvalue weighted by atomic mass is 10.3. The summed E-state index contributed by atoms with van der Waals surface area (Å²) in [7, 11) is 0. The van der Waals surface area contributed by atoms with E-state index in [9.17, 15) is 14.4 Å². The number of hydrogen-bond acceptors (Lipinski definition) is 6. The molecule has 8 nitrogen and oxygen atoms in total. The van der Waals surface area contributed by atoms with Crippen molar-refractivity contribution < 1.29 is 33.2 Å². The van der Waals surface area contributed by atoms with Crippen LogP contribution in [0.15, 0.2) is 37.1 Å². The van der Waals surface area contributed by atoms with Crippen LogP contribution in [0.3, 0.4) is 0 Å². The molecule has 0 spiro atoms. The van der Waals surface area contributed by atoms with Gasteiger partial charge in [0.2, 0.25) is 0 Å². The number of primary amides is 1. The SMILES string of the molecule is C=CC(=O)OCCOCCOCC(=O)[n+]1ccccc1C(N)=O. The average molecular weight is 323 g/mol. The minimum atomic E-state index is -0.698. The third-order valence-electron chi connectivity index (χ3n) is 2.62. The van der Waals surface area contributed by atoms with Gasteiger partial charge in [-0.15, -0.1) is 4.57 Å². The van der Waals surface area contributed by atoms with Crippen molar-refractivity contribution in [2.45, 2.75) is 0 Å². The van der Waals surface area contributed by atoms with Crippen molar-refractivity contribution in [1.29, 1.82) is 0 Å². The number of ether oxygens (including phenoxy) is 3. The minimum Gasteiger partial charge on any atom is -0.460 e. The Morgan fingerprint density at radius 3 is 2.52 bits per heavy atom. The van der Waals surface area contributed by atoms with Gasteiger partial charge < -0.3 is 19.9 Å². The quantitative estimate of drug-likeness (QED) is 0.268. The zero-order chi connectivity index (χ0) is 17.1. The van der Waals surface area contributed by atoms with Crippen LogP contribution in [0.4, 0.5) is 0 Å². The van der Waals surface area contributed by atoms with Crippen molar-refractivity contribution in [3.63, 3.8) is 0 Å². The first-order valence-electron chi connectivity index (χ1n) is 6.84. The molecule has 0 radical (unpaired) electrons. The number of amides is 1. The molecule has 124 valence electrons. The van der Waals surface area contributed by atoms with Gasteiger partial charge in [0.25, 0.3) is 5.69 Å². The highest BCUT2D eigenvalue weighted by molar-refractivity contribution is 5.90. The molecule has 2 N–H and O–H groups in total. The van der Waals surface area contributed by atoms with Crippen LogP contribution < -0.4 is 10.3 Å². The number of rotatable bonds is 10. The van der Waals surface area contributed by atoms with Gasteiger partial charge >= 0.3 is 17.8 Å². The molecule has 8 heteroatoms. The summed E-state index contributed by atoms with van der Waals surface area (Å²) in [6, 6.07) is 4.67. The van der Waals surface area contributed by atoms with Crippen molar-refractivity contribution in [2.24, 2.45) is 5.73 Å². The fourth-order valence-electron chi connectivity index (χ4n) is 1.57. The number of hydrogen-bond donors (Lipinski definition) is 1. The third kappa shape index (κ3) is 6.81. The van der Waals surface area contributed by atoms with Crippen LogP contribution in [-0.4, -0.2) is 50.8 Å². The highest BCUT2D eigenvalue weighted by Gasteiger charge is 2.22. The zero-order valence-corrected chi connectivity index (χ0v) is 12.6. The van der Waals surface area contributed by atoms with E-state index in [0.717, 1.165) is 10.6 Å². The summed E-state index contributed by atoms with van der Waals surface area (Å²) in [6.45, 7) is 3.80. The Morgan fingerprint density at radius 2 is 1.83 bits per heavy atom. The molecule has 0 aliphatic carbocycles. The van der Waals surface area contributed by atoms with Gasteiger partial charge in [-0.3, -0.25) is 4.79 Å². The van der Waals surface area contributed by atoms with Gasteiger partial charge in [-0.25, -0.2) is 9.59 Å². The lowest BCUT2D eigenvalue weighted by molar-refractivity contribution is -0.577. The van der Waals surface area contributed by atoms with Crippen molar-refractivity contribution >= 4 is 17.8 Å². The Morgan fingerprint density at radius 1 is 1.13 bits per heavy atom. The van der Waals surface area contributed by atoms with E-state index in [4.69, 9.17) is 19.9 Å². The lowest BCUT2D eigenvalue weighted by Gasteiger charge is -2.05. The lowest BCUT2D eigenvalue weighted by Crippen LogP contribution is -2.50. The standard InChI is InChI=1S/C15H18N2O6/c1-2-14(19)23-10-9-21-7-8-22-11-13(18)17-6-4-3-5-12(17)15(16)20/h2-6H,1,7-11H2,(H-,16,20)/p+1. The summed E-state index contributed by atoms with van der Waals surface area (Å²) >= 11 is 0. The third-order valence-corrected chi connectivity index (χ3v) is 2.62. The first kappa shape index (κ1) is 18.5. The number of nitrogens with zero attached hydrogens (tertiary/aromatic N) is 1. The second-order valence-electron chi connectivity index (χ2n) is 4.25. The Bertz CT molecular complexity index is 573. The summed E-state index contributed by atoms with van der Waals surface area (Å²) < 4.78 is 16.2. The predicted octanol–water partition coefficient (Wildman–Crippen LogP) is -0.524. The molecule has 1 rings (SSSR count). The Balaban J connectivity index is 2.21. The minimum absolute atomic E-state index is 0.0846. The van der Waals surface area contributed by atoms with Gasteiger partial charge in [0.1, 0.15) is 6.61 Å². The van der Waals surface area contributed by atoms with Crippen LogP contribution in [0, 0.1) is 0 Å². The van der Waals surface area contributed by atoms with E-state index >= 15 is 0 Å². The number of nitrogens with two attached hydrogens (primary N) is 1. The highest BCUT2D eigenvalue weighted by atomic mass is 16.6. The molecule has 23 heavy (non-hydrogen) atoms. The van der Waals surface area contributed by atoms with E-state index < -0.39 is 17.8 Å². The Hall–Kier alpha value is -2.58. The normalized spacial score (nSPS) is 10.1. The summed E-state index contributed by atoms with van der Waals surface area (Å²) in [6.07, 6.45) is 2.51. The van der Waals surface area contributed by atoms with Crippen LogP contribution in [0.1, 0.15) is 15.3 Å². The molecule has 1 amide bonds. The van der Waals surface area contributed by atoms with Gasteiger partial charge in [-0.1, -0.05) is 6.58 Å². The fraction of sp³-hybridized carbons (Fsp3) is 0.333. The van der Waals surface area contributed by atoms with Gasteiger partial charge in [-0.05, 0) is 6.07 Å². The molecule has 0 aliphatic rings. The number of esters is 1. The van der Waals surface area contributed by atoms with Crippen molar-refractivity contribution in [2.75, 3.05) is 33.0 Å². The fourth-order valence-corrected chi connectivity index (χ4v) is 1.57. The van der Waals surface area contributed by atoms with E-state index in [0.29, 0.717) is 0 Å². The maximum Gasteiger partial charge on any atom is 0.418 e. The summed E-state index contributed by atoms with van der Waals surface area (Å²) in [5.74, 6) is -1.63. The van der Waals surface area contributed by atoms with Gasteiger partial charge in [0.05, 0.1) is 19.8 Å². The molecule has 0 saturated heterocycles. The maximum atomic E-state index is 11.9. The number of carbonyl (C=O) groups excluding carboxylic acids is 3. The second kappa shape index (κ2) is 10.2. The molecule has 0 atom stereocenters. The van der Waals surface area contributed by atoms with E-state index in [-0.39, 0.29) is 38.7 Å². The molecule has 0 fully saturated rings. The Labute approximate surface area is 133 Å².